The number of carbonyl (C=O) groups is 3. The van der Waals surface area contributed by atoms with E-state index >= 15 is 0 Å². The molecule has 0 bridgehead atoms. The number of ether oxygens (including phenoxy) is 3. The lowest BCUT2D eigenvalue weighted by atomic mass is 10.0. The van der Waals surface area contributed by atoms with E-state index in [0.717, 1.165) is 57.8 Å². The second-order valence-electron chi connectivity index (χ2n) is 22.1. The van der Waals surface area contributed by atoms with Crippen molar-refractivity contribution in [1.29, 1.82) is 0 Å². The maximum absolute atomic E-state index is 12.9. The Labute approximate surface area is 438 Å². The highest BCUT2D eigenvalue weighted by atomic mass is 16.6. The topological polar surface area (TPSA) is 78.9 Å². The molecule has 0 spiro atoms. The third kappa shape index (κ3) is 57.3. The van der Waals surface area contributed by atoms with Gasteiger partial charge in [-0.25, -0.2) is 0 Å². The summed E-state index contributed by atoms with van der Waals surface area (Å²) in [6.07, 6.45) is 68.2. The van der Waals surface area contributed by atoms with E-state index in [4.69, 9.17) is 14.2 Å². The van der Waals surface area contributed by atoms with E-state index in [1.807, 2.05) is 0 Å². The second-order valence-corrected chi connectivity index (χ2v) is 22.1. The van der Waals surface area contributed by atoms with Crippen LogP contribution in [0.5, 0.6) is 0 Å². The van der Waals surface area contributed by atoms with Crippen molar-refractivity contribution >= 4 is 17.9 Å². The molecule has 0 saturated carbocycles. The minimum absolute atomic E-state index is 0.0605. The van der Waals surface area contributed by atoms with Gasteiger partial charge in [-0.3, -0.25) is 14.4 Å². The van der Waals surface area contributed by atoms with Crippen LogP contribution >= 0.6 is 0 Å². The lowest BCUT2D eigenvalue weighted by Gasteiger charge is -2.18. The van der Waals surface area contributed by atoms with E-state index < -0.39 is 6.10 Å². The first-order valence-electron chi connectivity index (χ1n) is 32.0. The Bertz CT molecular complexity index is 1040. The zero-order valence-electron chi connectivity index (χ0n) is 47.8. The van der Waals surface area contributed by atoms with Crippen molar-refractivity contribution in [3.05, 3.63) is 0 Å². The van der Waals surface area contributed by atoms with Gasteiger partial charge in [0.1, 0.15) is 13.2 Å². The summed E-state index contributed by atoms with van der Waals surface area (Å²) in [6, 6.07) is 0. The Morgan fingerprint density at radius 3 is 0.571 bits per heavy atom. The van der Waals surface area contributed by atoms with Gasteiger partial charge < -0.3 is 14.2 Å². The van der Waals surface area contributed by atoms with Crippen molar-refractivity contribution in [3.8, 4) is 0 Å². The van der Waals surface area contributed by atoms with E-state index in [9.17, 15) is 14.4 Å². The predicted molar refractivity (Wildman–Crippen MR) is 303 cm³/mol. The molecule has 0 aliphatic carbocycles. The Hall–Kier alpha value is -1.59. The molecular formula is C64H124O6. The normalized spacial score (nSPS) is 11.9. The van der Waals surface area contributed by atoms with Crippen LogP contribution in [-0.2, 0) is 28.6 Å². The first-order valence-corrected chi connectivity index (χ1v) is 32.0. The van der Waals surface area contributed by atoms with E-state index in [2.05, 4.69) is 20.8 Å². The number of hydrogen-bond donors (Lipinski definition) is 0. The van der Waals surface area contributed by atoms with E-state index in [1.165, 1.54) is 276 Å². The van der Waals surface area contributed by atoms with Crippen LogP contribution in [0.2, 0.25) is 0 Å². The van der Waals surface area contributed by atoms with Gasteiger partial charge in [-0.2, -0.15) is 0 Å². The SMILES string of the molecule is CCCCCCCCCCCCCCCCCCCCCC(=O)OC[C@@H](COC(=O)CCCCCCCCCCCCCCCCCCC)OC(=O)CCCCCCCCCCCCCCCCCC. The zero-order valence-corrected chi connectivity index (χ0v) is 47.8. The predicted octanol–water partition coefficient (Wildman–Crippen LogP) is 21.5. The molecule has 0 rings (SSSR count). The smallest absolute Gasteiger partial charge is 0.306 e. The molecule has 0 aromatic carbocycles. The van der Waals surface area contributed by atoms with E-state index in [-0.39, 0.29) is 31.1 Å². The molecule has 0 fully saturated rings. The number of esters is 3. The highest BCUT2D eigenvalue weighted by Crippen LogP contribution is 2.19. The number of hydrogen-bond acceptors (Lipinski definition) is 6. The summed E-state index contributed by atoms with van der Waals surface area (Å²) in [5, 5.41) is 0. The lowest BCUT2D eigenvalue weighted by Crippen LogP contribution is -2.30. The highest BCUT2D eigenvalue weighted by molar-refractivity contribution is 5.71. The largest absolute Gasteiger partial charge is 0.462 e. The minimum Gasteiger partial charge on any atom is -0.462 e. The summed E-state index contributed by atoms with van der Waals surface area (Å²) in [4.78, 5) is 38.3. The minimum atomic E-state index is -0.762. The highest BCUT2D eigenvalue weighted by Gasteiger charge is 2.19. The van der Waals surface area contributed by atoms with Crippen molar-refractivity contribution in [2.45, 2.75) is 380 Å². The molecule has 0 heterocycles. The Morgan fingerprint density at radius 2 is 0.386 bits per heavy atom. The van der Waals surface area contributed by atoms with Crippen molar-refractivity contribution in [2.75, 3.05) is 13.2 Å². The van der Waals surface area contributed by atoms with Gasteiger partial charge in [-0.1, -0.05) is 335 Å². The van der Waals surface area contributed by atoms with Gasteiger partial charge in [0.25, 0.3) is 0 Å². The van der Waals surface area contributed by atoms with Crippen LogP contribution in [0.4, 0.5) is 0 Å². The van der Waals surface area contributed by atoms with E-state index in [0.29, 0.717) is 19.3 Å². The Kier molecular flexibility index (Phi) is 58.6. The van der Waals surface area contributed by atoms with Crippen LogP contribution in [0.25, 0.3) is 0 Å². The third-order valence-electron chi connectivity index (χ3n) is 14.9. The van der Waals surface area contributed by atoms with Crippen LogP contribution in [0, 0.1) is 0 Å². The quantitative estimate of drug-likeness (QED) is 0.0343. The zero-order chi connectivity index (χ0) is 50.7. The third-order valence-corrected chi connectivity index (χ3v) is 14.9. The van der Waals surface area contributed by atoms with Gasteiger partial charge in [-0.15, -0.1) is 0 Å². The van der Waals surface area contributed by atoms with Gasteiger partial charge in [0.05, 0.1) is 0 Å². The average molecular weight is 990 g/mol. The summed E-state index contributed by atoms with van der Waals surface area (Å²) in [6.45, 7) is 6.73. The number of carbonyl (C=O) groups excluding carboxylic acids is 3. The van der Waals surface area contributed by atoms with Crippen molar-refractivity contribution in [1.82, 2.24) is 0 Å². The van der Waals surface area contributed by atoms with Gasteiger partial charge in [0.2, 0.25) is 0 Å². The molecular weight excluding hydrogens is 865 g/mol. The van der Waals surface area contributed by atoms with Gasteiger partial charge in [0.15, 0.2) is 6.10 Å². The number of unbranched alkanes of at least 4 members (excludes halogenated alkanes) is 49. The summed E-state index contributed by atoms with van der Waals surface area (Å²) in [5.41, 5.74) is 0. The van der Waals surface area contributed by atoms with Gasteiger partial charge in [-0.05, 0) is 19.3 Å². The molecule has 0 radical (unpaired) electrons. The average Bonchev–Trinajstić information content (AvgIpc) is 3.36. The fraction of sp³-hybridized carbons (Fsp3) is 0.953. The summed E-state index contributed by atoms with van der Waals surface area (Å²) >= 11 is 0. The summed E-state index contributed by atoms with van der Waals surface area (Å²) in [5.74, 6) is -0.824. The summed E-state index contributed by atoms with van der Waals surface area (Å²) in [7, 11) is 0. The standard InChI is InChI=1S/C64H124O6/c1-4-7-10-13-16-19-22-25-28-31-32-34-37-39-42-45-48-51-54-57-63(66)69-60-61(70-64(67)58-55-52-49-46-43-40-35-30-27-24-21-18-15-12-9-6-3)59-68-62(65)56-53-50-47-44-41-38-36-33-29-26-23-20-17-14-11-8-5-2/h61H,4-60H2,1-3H3/t61-/m1/s1. The first-order chi connectivity index (χ1) is 34.5. The van der Waals surface area contributed by atoms with Crippen molar-refractivity contribution < 1.29 is 28.6 Å². The van der Waals surface area contributed by atoms with E-state index in [1.54, 1.807) is 0 Å². The molecule has 0 amide bonds. The molecule has 0 aromatic heterocycles. The van der Waals surface area contributed by atoms with Crippen LogP contribution in [-0.4, -0.2) is 37.2 Å². The van der Waals surface area contributed by atoms with Crippen LogP contribution in [0.1, 0.15) is 374 Å². The van der Waals surface area contributed by atoms with Gasteiger partial charge in [0, 0.05) is 19.3 Å². The molecule has 6 heteroatoms. The van der Waals surface area contributed by atoms with Crippen molar-refractivity contribution in [2.24, 2.45) is 0 Å². The lowest BCUT2D eigenvalue weighted by molar-refractivity contribution is -0.167. The molecule has 6 nitrogen and oxygen atoms in total. The second kappa shape index (κ2) is 60.0. The molecule has 0 aliphatic rings. The molecule has 0 aromatic rings. The Morgan fingerprint density at radius 1 is 0.229 bits per heavy atom. The molecule has 0 aliphatic heterocycles. The van der Waals surface area contributed by atoms with Crippen molar-refractivity contribution in [3.63, 3.8) is 0 Å². The molecule has 416 valence electrons. The van der Waals surface area contributed by atoms with Crippen LogP contribution in [0.15, 0.2) is 0 Å². The van der Waals surface area contributed by atoms with Gasteiger partial charge >= 0.3 is 17.9 Å². The molecule has 70 heavy (non-hydrogen) atoms. The maximum Gasteiger partial charge on any atom is 0.306 e. The molecule has 0 unspecified atom stereocenters. The fourth-order valence-corrected chi connectivity index (χ4v) is 10.0. The molecule has 0 N–H and O–H groups in total. The summed E-state index contributed by atoms with van der Waals surface area (Å²) < 4.78 is 17.0. The fourth-order valence-electron chi connectivity index (χ4n) is 10.0. The van der Waals surface area contributed by atoms with Crippen LogP contribution in [0.3, 0.4) is 0 Å². The maximum atomic E-state index is 12.9. The monoisotopic (exact) mass is 989 g/mol. The Balaban J connectivity index is 4.27. The first kappa shape index (κ1) is 68.4. The van der Waals surface area contributed by atoms with Crippen LogP contribution < -0.4 is 0 Å². The molecule has 0 saturated heterocycles. The number of rotatable bonds is 60. The molecule has 1 atom stereocenters.